The van der Waals surface area contributed by atoms with Gasteiger partial charge in [0.15, 0.2) is 0 Å². The molecule has 4 aromatic rings. The molecule has 2 aliphatic rings. The van der Waals surface area contributed by atoms with Gasteiger partial charge in [-0.15, -0.1) is 0 Å². The van der Waals surface area contributed by atoms with E-state index in [4.69, 9.17) is 16.3 Å². The summed E-state index contributed by atoms with van der Waals surface area (Å²) in [6, 6.07) is 31.6. The molecule has 0 amide bonds. The fourth-order valence-electron chi connectivity index (χ4n) is 5.35. The highest BCUT2D eigenvalue weighted by Crippen LogP contribution is 2.49. The third-order valence-electron chi connectivity index (χ3n) is 7.36. The minimum atomic E-state index is 0.291. The van der Waals surface area contributed by atoms with Crippen molar-refractivity contribution in [2.75, 3.05) is 5.32 Å². The highest BCUT2D eigenvalue weighted by atomic mass is 35.5. The average molecular weight is 505 g/mol. The maximum Gasteiger partial charge on any atom is 0.138 e. The number of rotatable bonds is 6. The lowest BCUT2D eigenvalue weighted by Crippen LogP contribution is -2.28. The molecule has 0 radical (unpaired) electrons. The standard InChI is InChI=1S/C33H29ClN2O/c1-22-9-11-23(12-10-22)21-37-32-18-13-24(19-30(32)34)20-35-26-16-14-25(15-17-26)33-29-7-4-6-27(29)28-5-2-3-8-31(28)36-33/h2-6,8-20,27,29,33,36H,7,21H2,1H3/t27-,29-,33+/m1/s1. The van der Waals surface area contributed by atoms with Crippen LogP contribution in [0.25, 0.3) is 0 Å². The second-order valence-electron chi connectivity index (χ2n) is 9.88. The van der Waals surface area contributed by atoms with Crippen LogP contribution >= 0.6 is 11.6 Å². The first-order valence-electron chi connectivity index (χ1n) is 12.8. The van der Waals surface area contributed by atoms with Crippen molar-refractivity contribution in [3.05, 3.63) is 136 Å². The van der Waals surface area contributed by atoms with E-state index < -0.39 is 0 Å². The first-order valence-corrected chi connectivity index (χ1v) is 13.2. The van der Waals surface area contributed by atoms with Crippen molar-refractivity contribution in [1.29, 1.82) is 0 Å². The molecule has 1 aliphatic carbocycles. The zero-order chi connectivity index (χ0) is 25.2. The van der Waals surface area contributed by atoms with Crippen LogP contribution in [0.1, 0.15) is 46.2 Å². The Kier molecular flexibility index (Phi) is 6.55. The van der Waals surface area contributed by atoms with Crippen LogP contribution in [-0.4, -0.2) is 6.21 Å². The maximum atomic E-state index is 6.49. The summed E-state index contributed by atoms with van der Waals surface area (Å²) in [4.78, 5) is 4.68. The summed E-state index contributed by atoms with van der Waals surface area (Å²) in [6.45, 7) is 2.56. The van der Waals surface area contributed by atoms with Gasteiger partial charge in [0, 0.05) is 17.8 Å². The predicted octanol–water partition coefficient (Wildman–Crippen LogP) is 8.80. The third kappa shape index (κ3) is 5.05. The Morgan fingerprint density at radius 2 is 1.78 bits per heavy atom. The summed E-state index contributed by atoms with van der Waals surface area (Å²) < 4.78 is 5.92. The second kappa shape index (κ2) is 10.3. The number of aliphatic imine (C=N–C) groups is 1. The molecule has 0 aromatic heterocycles. The summed E-state index contributed by atoms with van der Waals surface area (Å²) in [5.41, 5.74) is 8.14. The summed E-state index contributed by atoms with van der Waals surface area (Å²) in [7, 11) is 0. The average Bonchev–Trinajstić information content (AvgIpc) is 3.43. The molecule has 0 saturated carbocycles. The third-order valence-corrected chi connectivity index (χ3v) is 7.65. The molecule has 0 saturated heterocycles. The second-order valence-corrected chi connectivity index (χ2v) is 10.3. The fraction of sp³-hybridized carbons (Fsp3) is 0.182. The summed E-state index contributed by atoms with van der Waals surface area (Å²) in [5.74, 6) is 1.69. The number of para-hydroxylation sites is 1. The zero-order valence-electron chi connectivity index (χ0n) is 20.8. The van der Waals surface area contributed by atoms with Gasteiger partial charge in [0.2, 0.25) is 0 Å². The van der Waals surface area contributed by atoms with Gasteiger partial charge < -0.3 is 10.1 Å². The van der Waals surface area contributed by atoms with E-state index in [-0.39, 0.29) is 0 Å². The van der Waals surface area contributed by atoms with E-state index in [1.807, 2.05) is 24.4 Å². The van der Waals surface area contributed by atoms with Gasteiger partial charge in [-0.3, -0.25) is 4.99 Å². The molecule has 3 nitrogen and oxygen atoms in total. The van der Waals surface area contributed by atoms with Gasteiger partial charge in [0.25, 0.3) is 0 Å². The molecule has 1 heterocycles. The number of fused-ring (bicyclic) bond motifs is 3. The van der Waals surface area contributed by atoms with E-state index in [2.05, 4.69) is 102 Å². The molecule has 37 heavy (non-hydrogen) atoms. The Morgan fingerprint density at radius 3 is 2.59 bits per heavy atom. The van der Waals surface area contributed by atoms with E-state index in [1.165, 1.54) is 22.4 Å². The summed E-state index contributed by atoms with van der Waals surface area (Å²) in [5, 5.41) is 4.37. The molecule has 6 rings (SSSR count). The molecule has 3 atom stereocenters. The van der Waals surface area contributed by atoms with E-state index in [1.54, 1.807) is 0 Å². The number of allylic oxidation sites excluding steroid dienone is 2. The van der Waals surface area contributed by atoms with Crippen LogP contribution in [0.4, 0.5) is 11.4 Å². The van der Waals surface area contributed by atoms with Crippen molar-refractivity contribution in [3.8, 4) is 5.75 Å². The molecule has 1 aliphatic heterocycles. The van der Waals surface area contributed by atoms with Crippen molar-refractivity contribution < 1.29 is 4.74 Å². The van der Waals surface area contributed by atoms with Gasteiger partial charge in [-0.05, 0) is 77.9 Å². The molecular formula is C33H29ClN2O. The lowest BCUT2D eigenvalue weighted by atomic mass is 9.77. The number of anilines is 1. The normalized spacial score (nSPS) is 19.9. The van der Waals surface area contributed by atoms with Gasteiger partial charge in [0.05, 0.1) is 16.8 Å². The first kappa shape index (κ1) is 23.6. The van der Waals surface area contributed by atoms with Crippen LogP contribution in [0.2, 0.25) is 5.02 Å². The lowest BCUT2D eigenvalue weighted by Gasteiger charge is -2.37. The molecule has 0 spiro atoms. The number of hydrogen-bond acceptors (Lipinski definition) is 3. The molecule has 4 heteroatoms. The van der Waals surface area contributed by atoms with Crippen molar-refractivity contribution in [2.24, 2.45) is 10.9 Å². The minimum Gasteiger partial charge on any atom is -0.487 e. The number of aryl methyl sites for hydroxylation is 1. The number of ether oxygens (including phenoxy) is 1. The van der Waals surface area contributed by atoms with Crippen LogP contribution in [0.5, 0.6) is 5.75 Å². The largest absolute Gasteiger partial charge is 0.487 e. The molecule has 0 fully saturated rings. The van der Waals surface area contributed by atoms with Crippen LogP contribution < -0.4 is 10.1 Å². The predicted molar refractivity (Wildman–Crippen MR) is 153 cm³/mol. The van der Waals surface area contributed by atoms with Gasteiger partial charge in [-0.25, -0.2) is 0 Å². The zero-order valence-corrected chi connectivity index (χ0v) is 21.5. The highest BCUT2D eigenvalue weighted by Gasteiger charge is 2.37. The fourth-order valence-corrected chi connectivity index (χ4v) is 5.59. The van der Waals surface area contributed by atoms with Crippen LogP contribution in [0.15, 0.2) is 108 Å². The van der Waals surface area contributed by atoms with E-state index in [0.29, 0.717) is 35.3 Å². The van der Waals surface area contributed by atoms with Crippen LogP contribution in [0.3, 0.4) is 0 Å². The van der Waals surface area contributed by atoms with Gasteiger partial charge in [-0.1, -0.05) is 83.9 Å². The Hall–Kier alpha value is -3.82. The number of nitrogens with one attached hydrogen (secondary N) is 1. The Labute approximate surface area is 223 Å². The van der Waals surface area contributed by atoms with E-state index in [0.717, 1.165) is 23.2 Å². The molecule has 0 unspecified atom stereocenters. The molecule has 184 valence electrons. The molecule has 1 N–H and O–H groups in total. The minimum absolute atomic E-state index is 0.291. The van der Waals surface area contributed by atoms with E-state index >= 15 is 0 Å². The maximum absolute atomic E-state index is 6.49. The van der Waals surface area contributed by atoms with Crippen molar-refractivity contribution in [1.82, 2.24) is 0 Å². The van der Waals surface area contributed by atoms with Crippen LogP contribution in [0, 0.1) is 12.8 Å². The number of benzene rings is 4. The number of halogens is 1. The molecule has 4 aromatic carbocycles. The summed E-state index contributed by atoms with van der Waals surface area (Å²) in [6.07, 6.45) is 7.65. The van der Waals surface area contributed by atoms with E-state index in [9.17, 15) is 0 Å². The highest BCUT2D eigenvalue weighted by molar-refractivity contribution is 6.32. The lowest BCUT2D eigenvalue weighted by molar-refractivity contribution is 0.306. The van der Waals surface area contributed by atoms with Crippen molar-refractivity contribution in [2.45, 2.75) is 31.9 Å². The molecule has 0 bridgehead atoms. The number of hydrogen-bond donors (Lipinski definition) is 1. The summed E-state index contributed by atoms with van der Waals surface area (Å²) >= 11 is 6.49. The quantitative estimate of drug-likeness (QED) is 0.210. The van der Waals surface area contributed by atoms with Crippen molar-refractivity contribution in [3.63, 3.8) is 0 Å². The SMILES string of the molecule is Cc1ccc(COc2ccc(C=Nc3ccc([C@@H]4Nc5ccccc5[C@H]5C=CC[C@H]54)cc3)cc2Cl)cc1. The van der Waals surface area contributed by atoms with Crippen molar-refractivity contribution >= 4 is 29.2 Å². The Morgan fingerprint density at radius 1 is 0.973 bits per heavy atom. The van der Waals surface area contributed by atoms with Gasteiger partial charge in [-0.2, -0.15) is 0 Å². The smallest absolute Gasteiger partial charge is 0.138 e. The van der Waals surface area contributed by atoms with Gasteiger partial charge >= 0.3 is 0 Å². The topological polar surface area (TPSA) is 33.6 Å². The van der Waals surface area contributed by atoms with Gasteiger partial charge in [0.1, 0.15) is 12.4 Å². The Bertz CT molecular complexity index is 1460. The first-order chi connectivity index (χ1) is 18.1. The Balaban J connectivity index is 1.12. The molecular weight excluding hydrogens is 476 g/mol. The van der Waals surface area contributed by atoms with Crippen LogP contribution in [-0.2, 0) is 6.61 Å². The monoisotopic (exact) mass is 504 g/mol. The number of nitrogens with zero attached hydrogens (tertiary/aromatic N) is 1.